The van der Waals surface area contributed by atoms with E-state index in [-0.39, 0.29) is 0 Å². The molecule has 2 N–H and O–H groups in total. The molecule has 0 aliphatic carbocycles. The maximum absolute atomic E-state index is 5.36. The standard InChI is InChI=1S/C26H40N2O4/c1-29-23-11-9-21(19-25(23)31-3)13-17-27-15-7-5-6-8-16-28-18-14-22-10-12-24(30-2)26(20-22)32-4/h9-12,19-20,27-28H,5-8,13-18H2,1-4H3. The largest absolute Gasteiger partial charge is 0.493 e. The molecule has 178 valence electrons. The van der Waals surface area contributed by atoms with Crippen LogP contribution in [0.1, 0.15) is 36.8 Å². The zero-order valence-corrected chi connectivity index (χ0v) is 20.2. The van der Waals surface area contributed by atoms with Crippen LogP contribution in [-0.2, 0) is 12.8 Å². The van der Waals surface area contributed by atoms with Gasteiger partial charge in [-0.25, -0.2) is 0 Å². The molecule has 0 heterocycles. The molecule has 0 atom stereocenters. The first-order valence-corrected chi connectivity index (χ1v) is 11.5. The summed E-state index contributed by atoms with van der Waals surface area (Å²) in [6.07, 6.45) is 6.95. The second-order valence-corrected chi connectivity index (χ2v) is 7.79. The van der Waals surface area contributed by atoms with Crippen LogP contribution >= 0.6 is 0 Å². The monoisotopic (exact) mass is 444 g/mol. The molecule has 0 unspecified atom stereocenters. The Hall–Kier alpha value is -2.44. The molecule has 0 aliphatic heterocycles. The second-order valence-electron chi connectivity index (χ2n) is 7.79. The summed E-state index contributed by atoms with van der Waals surface area (Å²) < 4.78 is 21.3. The van der Waals surface area contributed by atoms with Crippen LogP contribution in [0.2, 0.25) is 0 Å². The number of benzene rings is 2. The van der Waals surface area contributed by atoms with Crippen LogP contribution in [0.25, 0.3) is 0 Å². The van der Waals surface area contributed by atoms with E-state index in [1.807, 2.05) is 12.1 Å². The van der Waals surface area contributed by atoms with Gasteiger partial charge in [-0.2, -0.15) is 0 Å². The molecule has 0 bridgehead atoms. The normalized spacial score (nSPS) is 10.8. The molecule has 0 amide bonds. The van der Waals surface area contributed by atoms with E-state index >= 15 is 0 Å². The number of nitrogens with one attached hydrogen (secondary N) is 2. The van der Waals surface area contributed by atoms with Crippen LogP contribution in [0.5, 0.6) is 23.0 Å². The Morgan fingerprint density at radius 3 is 1.28 bits per heavy atom. The third-order valence-electron chi connectivity index (χ3n) is 5.53. The minimum absolute atomic E-state index is 0.777. The minimum Gasteiger partial charge on any atom is -0.493 e. The number of ether oxygens (including phenoxy) is 4. The van der Waals surface area contributed by atoms with Gasteiger partial charge >= 0.3 is 0 Å². The summed E-state index contributed by atoms with van der Waals surface area (Å²) >= 11 is 0. The van der Waals surface area contributed by atoms with Crippen LogP contribution < -0.4 is 29.6 Å². The first-order valence-electron chi connectivity index (χ1n) is 11.5. The topological polar surface area (TPSA) is 61.0 Å². The molecule has 0 saturated heterocycles. The summed E-state index contributed by atoms with van der Waals surface area (Å²) in [7, 11) is 6.67. The maximum atomic E-state index is 5.36. The molecule has 0 fully saturated rings. The van der Waals surface area contributed by atoms with Crippen molar-refractivity contribution in [3.8, 4) is 23.0 Å². The van der Waals surface area contributed by atoms with E-state index in [4.69, 9.17) is 18.9 Å². The van der Waals surface area contributed by atoms with Crippen molar-refractivity contribution in [1.29, 1.82) is 0 Å². The molecule has 0 radical (unpaired) electrons. The van der Waals surface area contributed by atoms with Gasteiger partial charge in [0.05, 0.1) is 28.4 Å². The molecule has 6 nitrogen and oxygen atoms in total. The Balaban J connectivity index is 1.45. The summed E-state index contributed by atoms with van der Waals surface area (Å²) in [5, 5.41) is 7.08. The summed E-state index contributed by atoms with van der Waals surface area (Å²) in [5.74, 6) is 3.14. The number of hydrogen-bond donors (Lipinski definition) is 2. The number of rotatable bonds is 17. The van der Waals surface area contributed by atoms with Crippen molar-refractivity contribution in [2.45, 2.75) is 38.5 Å². The SMILES string of the molecule is COc1ccc(CCNCCCCCCNCCc2ccc(OC)c(OC)c2)cc1OC. The fraction of sp³-hybridized carbons (Fsp3) is 0.538. The highest BCUT2D eigenvalue weighted by Crippen LogP contribution is 2.28. The van der Waals surface area contributed by atoms with Crippen LogP contribution in [0.15, 0.2) is 36.4 Å². The van der Waals surface area contributed by atoms with Gasteiger partial charge in [0.15, 0.2) is 23.0 Å². The summed E-state index contributed by atoms with van der Waals surface area (Å²) in [5.41, 5.74) is 2.52. The first kappa shape index (κ1) is 25.8. The Morgan fingerprint density at radius 1 is 0.500 bits per heavy atom. The lowest BCUT2D eigenvalue weighted by molar-refractivity contribution is 0.354. The molecular weight excluding hydrogens is 404 g/mol. The zero-order chi connectivity index (χ0) is 23.0. The molecule has 2 rings (SSSR count). The van der Waals surface area contributed by atoms with Gasteiger partial charge in [-0.15, -0.1) is 0 Å². The van der Waals surface area contributed by atoms with Crippen molar-refractivity contribution < 1.29 is 18.9 Å². The minimum atomic E-state index is 0.777. The van der Waals surface area contributed by atoms with E-state index in [9.17, 15) is 0 Å². The molecule has 0 aromatic heterocycles. The fourth-order valence-electron chi connectivity index (χ4n) is 3.64. The Bertz CT molecular complexity index is 717. The van der Waals surface area contributed by atoms with E-state index in [0.29, 0.717) is 0 Å². The summed E-state index contributed by atoms with van der Waals surface area (Å²) in [6, 6.07) is 12.2. The number of unbranched alkanes of at least 4 members (excludes halogenated alkanes) is 3. The van der Waals surface area contributed by atoms with Gasteiger partial charge < -0.3 is 29.6 Å². The molecule has 2 aromatic carbocycles. The van der Waals surface area contributed by atoms with Crippen molar-refractivity contribution in [2.24, 2.45) is 0 Å². The predicted molar refractivity (Wildman–Crippen MR) is 131 cm³/mol. The van der Waals surface area contributed by atoms with Crippen molar-refractivity contribution in [3.05, 3.63) is 47.5 Å². The fourth-order valence-corrected chi connectivity index (χ4v) is 3.64. The van der Waals surface area contributed by atoms with E-state index in [0.717, 1.165) is 62.0 Å². The lowest BCUT2D eigenvalue weighted by Gasteiger charge is -2.10. The van der Waals surface area contributed by atoms with Gasteiger partial charge in [-0.3, -0.25) is 0 Å². The first-order chi connectivity index (χ1) is 15.7. The average molecular weight is 445 g/mol. The van der Waals surface area contributed by atoms with Crippen molar-refractivity contribution in [2.75, 3.05) is 54.6 Å². The maximum Gasteiger partial charge on any atom is 0.160 e. The number of methoxy groups -OCH3 is 4. The van der Waals surface area contributed by atoms with Gasteiger partial charge in [0.1, 0.15) is 0 Å². The third-order valence-corrected chi connectivity index (χ3v) is 5.53. The Labute approximate surface area is 193 Å². The smallest absolute Gasteiger partial charge is 0.160 e. The molecule has 0 spiro atoms. The average Bonchev–Trinajstić information content (AvgIpc) is 2.84. The third kappa shape index (κ3) is 8.97. The van der Waals surface area contributed by atoms with Crippen LogP contribution in [-0.4, -0.2) is 54.6 Å². The highest BCUT2D eigenvalue weighted by molar-refractivity contribution is 5.43. The highest BCUT2D eigenvalue weighted by Gasteiger charge is 2.05. The van der Waals surface area contributed by atoms with Crippen molar-refractivity contribution in [1.82, 2.24) is 10.6 Å². The molecule has 32 heavy (non-hydrogen) atoms. The van der Waals surface area contributed by atoms with Crippen molar-refractivity contribution >= 4 is 0 Å². The molecule has 0 saturated carbocycles. The zero-order valence-electron chi connectivity index (χ0n) is 20.2. The summed E-state index contributed by atoms with van der Waals surface area (Å²) in [4.78, 5) is 0. The van der Waals surface area contributed by atoms with Crippen molar-refractivity contribution in [3.63, 3.8) is 0 Å². The van der Waals surface area contributed by atoms with Gasteiger partial charge in [-0.05, 0) is 87.3 Å². The van der Waals surface area contributed by atoms with E-state index in [2.05, 4.69) is 34.9 Å². The van der Waals surface area contributed by atoms with E-state index in [1.165, 1.54) is 36.8 Å². The van der Waals surface area contributed by atoms with Gasteiger partial charge in [-0.1, -0.05) is 25.0 Å². The lowest BCUT2D eigenvalue weighted by Crippen LogP contribution is -2.19. The molecule has 2 aromatic rings. The Kier molecular flexibility index (Phi) is 12.4. The molecule has 0 aliphatic rings. The van der Waals surface area contributed by atoms with Gasteiger partial charge in [0.25, 0.3) is 0 Å². The summed E-state index contributed by atoms with van der Waals surface area (Å²) in [6.45, 7) is 4.10. The highest BCUT2D eigenvalue weighted by atomic mass is 16.5. The van der Waals surface area contributed by atoms with E-state index in [1.54, 1.807) is 28.4 Å². The number of hydrogen-bond acceptors (Lipinski definition) is 6. The Morgan fingerprint density at radius 2 is 0.906 bits per heavy atom. The van der Waals surface area contributed by atoms with E-state index < -0.39 is 0 Å². The molecular formula is C26H40N2O4. The van der Waals surface area contributed by atoms with Crippen LogP contribution in [0, 0.1) is 0 Å². The van der Waals surface area contributed by atoms with Crippen LogP contribution in [0.3, 0.4) is 0 Å². The van der Waals surface area contributed by atoms with Gasteiger partial charge in [0.2, 0.25) is 0 Å². The van der Waals surface area contributed by atoms with Crippen LogP contribution in [0.4, 0.5) is 0 Å². The molecule has 6 heteroatoms. The second kappa shape index (κ2) is 15.4. The quantitative estimate of drug-likeness (QED) is 0.356. The van der Waals surface area contributed by atoms with Gasteiger partial charge in [0, 0.05) is 0 Å². The predicted octanol–water partition coefficient (Wildman–Crippen LogP) is 4.25. The lowest BCUT2D eigenvalue weighted by atomic mass is 10.1.